The topological polar surface area (TPSA) is 97.2 Å². The third-order valence-corrected chi connectivity index (χ3v) is 7.01. The lowest BCUT2D eigenvalue weighted by molar-refractivity contribution is -0.384. The van der Waals surface area contributed by atoms with Crippen molar-refractivity contribution in [1.29, 1.82) is 0 Å². The zero-order chi connectivity index (χ0) is 22.8. The maximum Gasteiger partial charge on any atom is 0.270 e. The van der Waals surface area contributed by atoms with Crippen LogP contribution in [0.2, 0.25) is 0 Å². The molecule has 0 aliphatic carbocycles. The number of hydrogen-bond donors (Lipinski definition) is 1. The molecule has 0 spiro atoms. The van der Waals surface area contributed by atoms with Gasteiger partial charge in [-0.1, -0.05) is 0 Å². The number of fused-ring (bicyclic) bond motifs is 1. The predicted octanol–water partition coefficient (Wildman–Crippen LogP) is 3.74. The average molecular weight is 469 g/mol. The van der Waals surface area contributed by atoms with Crippen molar-refractivity contribution in [2.45, 2.75) is 0 Å². The van der Waals surface area contributed by atoms with Crippen LogP contribution in [0.25, 0.3) is 10.1 Å². The Morgan fingerprint density at radius 3 is 2.33 bits per heavy atom. The maximum absolute atomic E-state index is 13.1. The number of nitro groups is 1. The highest BCUT2D eigenvalue weighted by Crippen LogP contribution is 2.34. The number of non-ortho nitro benzene ring substituents is 1. The molecule has 10 heteroatoms. The lowest BCUT2D eigenvalue weighted by Gasteiger charge is -2.33. The first kappa shape index (κ1) is 21.6. The number of benzene rings is 2. The Bertz CT molecular complexity index is 1180. The summed E-state index contributed by atoms with van der Waals surface area (Å²) in [6.45, 7) is 5.87. The van der Waals surface area contributed by atoms with Gasteiger partial charge < -0.3 is 24.6 Å². The minimum Gasteiger partial charge on any atom is -0.378 e. The Hall–Kier alpha value is -3.21. The normalized spacial score (nSPS) is 16.7. The van der Waals surface area contributed by atoms with Gasteiger partial charge in [0.05, 0.1) is 47.6 Å². The van der Waals surface area contributed by atoms with Crippen LogP contribution >= 0.6 is 11.3 Å². The molecule has 0 unspecified atom stereocenters. The van der Waals surface area contributed by atoms with Gasteiger partial charge in [-0.3, -0.25) is 14.9 Å². The molecule has 1 N–H and O–H groups in total. The largest absolute Gasteiger partial charge is 0.378 e. The predicted molar refractivity (Wildman–Crippen MR) is 129 cm³/mol. The van der Waals surface area contributed by atoms with Gasteiger partial charge in [0.15, 0.2) is 0 Å². The number of nitrogens with one attached hydrogen (secondary N) is 1. The van der Waals surface area contributed by atoms with E-state index in [1.165, 1.54) is 23.5 Å². The zero-order valence-corrected chi connectivity index (χ0v) is 18.8. The monoisotopic (exact) mass is 468 g/mol. The number of anilines is 3. The van der Waals surface area contributed by atoms with Crippen LogP contribution in [0.5, 0.6) is 0 Å². The molecule has 2 aromatic carbocycles. The van der Waals surface area contributed by atoms with Crippen LogP contribution in [0, 0.1) is 10.1 Å². The van der Waals surface area contributed by atoms with E-state index in [4.69, 9.17) is 9.47 Å². The number of thiophene rings is 1. The minimum atomic E-state index is -0.429. The molecule has 1 aromatic heterocycles. The fraction of sp³-hybridized carbons (Fsp3) is 0.348. The van der Waals surface area contributed by atoms with E-state index in [2.05, 4.69) is 21.2 Å². The molecule has 33 heavy (non-hydrogen) atoms. The summed E-state index contributed by atoms with van der Waals surface area (Å²) in [5, 5.41) is 14.8. The molecule has 2 aliphatic rings. The summed E-state index contributed by atoms with van der Waals surface area (Å²) in [6.07, 6.45) is 0. The molecule has 3 heterocycles. The van der Waals surface area contributed by atoms with E-state index in [0.717, 1.165) is 47.9 Å². The highest BCUT2D eigenvalue weighted by molar-refractivity contribution is 7.20. The van der Waals surface area contributed by atoms with E-state index in [1.807, 2.05) is 12.1 Å². The number of nitro benzene ring substituents is 1. The smallest absolute Gasteiger partial charge is 0.270 e. The van der Waals surface area contributed by atoms with Crippen LogP contribution in [0.4, 0.5) is 22.7 Å². The third kappa shape index (κ3) is 4.63. The first-order valence-electron chi connectivity index (χ1n) is 10.9. The van der Waals surface area contributed by atoms with Crippen molar-refractivity contribution in [3.05, 3.63) is 57.5 Å². The molecule has 5 rings (SSSR count). The van der Waals surface area contributed by atoms with Crippen molar-refractivity contribution in [2.24, 2.45) is 0 Å². The van der Waals surface area contributed by atoms with Gasteiger partial charge in [-0.25, -0.2) is 0 Å². The van der Waals surface area contributed by atoms with E-state index >= 15 is 0 Å². The number of carbonyl (C=O) groups excluding carboxylic acids is 1. The van der Waals surface area contributed by atoms with Gasteiger partial charge in [0, 0.05) is 54.1 Å². The van der Waals surface area contributed by atoms with E-state index in [1.54, 1.807) is 12.1 Å². The van der Waals surface area contributed by atoms with Gasteiger partial charge in [-0.05, 0) is 30.3 Å². The molecule has 2 saturated heterocycles. The fourth-order valence-electron chi connectivity index (χ4n) is 4.15. The number of hydrogen-bond acceptors (Lipinski definition) is 8. The molecule has 0 bridgehead atoms. The number of carbonyl (C=O) groups is 1. The summed E-state index contributed by atoms with van der Waals surface area (Å²) < 4.78 is 11.8. The minimum absolute atomic E-state index is 0.0144. The summed E-state index contributed by atoms with van der Waals surface area (Å²) in [5.41, 5.74) is 2.82. The molecule has 0 atom stereocenters. The van der Waals surface area contributed by atoms with Gasteiger partial charge in [0.25, 0.3) is 11.6 Å². The Morgan fingerprint density at radius 1 is 0.939 bits per heavy atom. The molecule has 9 nitrogen and oxygen atoms in total. The summed E-state index contributed by atoms with van der Waals surface area (Å²) in [4.78, 5) is 28.8. The second-order valence-electron chi connectivity index (χ2n) is 7.94. The number of amides is 1. The third-order valence-electron chi connectivity index (χ3n) is 5.89. The number of ether oxygens (including phenoxy) is 2. The lowest BCUT2D eigenvalue weighted by Crippen LogP contribution is -2.38. The van der Waals surface area contributed by atoms with Crippen molar-refractivity contribution in [3.8, 4) is 0 Å². The van der Waals surface area contributed by atoms with Crippen molar-refractivity contribution >= 4 is 50.1 Å². The Labute approximate surface area is 194 Å². The molecular weight excluding hydrogens is 444 g/mol. The van der Waals surface area contributed by atoms with Crippen molar-refractivity contribution < 1.29 is 19.2 Å². The van der Waals surface area contributed by atoms with E-state index < -0.39 is 4.92 Å². The highest BCUT2D eigenvalue weighted by Gasteiger charge is 2.21. The number of rotatable bonds is 5. The molecule has 0 saturated carbocycles. The van der Waals surface area contributed by atoms with Gasteiger partial charge in [-0.15, -0.1) is 11.3 Å². The molecule has 1 amide bonds. The summed E-state index contributed by atoms with van der Waals surface area (Å²) >= 11 is 1.32. The first-order valence-corrected chi connectivity index (χ1v) is 11.7. The van der Waals surface area contributed by atoms with E-state index in [0.29, 0.717) is 36.7 Å². The fourth-order valence-corrected chi connectivity index (χ4v) is 5.09. The van der Waals surface area contributed by atoms with Crippen LogP contribution in [-0.4, -0.2) is 63.4 Å². The van der Waals surface area contributed by atoms with Crippen LogP contribution in [0.1, 0.15) is 9.67 Å². The van der Waals surface area contributed by atoms with Crippen molar-refractivity contribution in [2.75, 3.05) is 67.7 Å². The molecule has 0 radical (unpaired) electrons. The maximum atomic E-state index is 13.1. The highest BCUT2D eigenvalue weighted by atomic mass is 32.1. The quantitative estimate of drug-likeness (QED) is 0.450. The average Bonchev–Trinajstić information content (AvgIpc) is 3.29. The summed E-state index contributed by atoms with van der Waals surface area (Å²) in [6, 6.07) is 12.5. The zero-order valence-electron chi connectivity index (χ0n) is 18.0. The SMILES string of the molecule is O=C(Nc1ccc(N2CCOCC2)cc1N1CCOCC1)c1cc2cc([N+](=O)[O-])ccc2s1. The number of nitrogens with zero attached hydrogens (tertiary/aromatic N) is 3. The van der Waals surface area contributed by atoms with Crippen LogP contribution < -0.4 is 15.1 Å². The first-order chi connectivity index (χ1) is 16.1. The van der Waals surface area contributed by atoms with Gasteiger partial charge in [-0.2, -0.15) is 0 Å². The Kier molecular flexibility index (Phi) is 6.12. The van der Waals surface area contributed by atoms with Gasteiger partial charge >= 0.3 is 0 Å². The van der Waals surface area contributed by atoms with Crippen LogP contribution in [0.15, 0.2) is 42.5 Å². The second-order valence-corrected chi connectivity index (χ2v) is 9.03. The van der Waals surface area contributed by atoms with Crippen LogP contribution in [0.3, 0.4) is 0 Å². The summed E-state index contributed by atoms with van der Waals surface area (Å²) in [5.74, 6) is -0.229. The van der Waals surface area contributed by atoms with Gasteiger partial charge in [0.2, 0.25) is 0 Å². The van der Waals surface area contributed by atoms with E-state index in [-0.39, 0.29) is 11.6 Å². The Morgan fingerprint density at radius 2 is 1.64 bits per heavy atom. The second kappa shape index (κ2) is 9.34. The molecular formula is C23H24N4O5S. The molecule has 172 valence electrons. The standard InChI is InChI=1S/C23H24N4O5S/c28-23(22-14-16-13-18(27(29)30)2-4-21(16)33-22)24-19-3-1-17(25-5-9-31-10-6-25)15-20(19)26-7-11-32-12-8-26/h1-4,13-15H,5-12H2,(H,24,28). The lowest BCUT2D eigenvalue weighted by atomic mass is 10.1. The molecule has 2 fully saturated rings. The Balaban J connectivity index is 1.43. The van der Waals surface area contributed by atoms with Crippen molar-refractivity contribution in [1.82, 2.24) is 0 Å². The van der Waals surface area contributed by atoms with Crippen molar-refractivity contribution in [3.63, 3.8) is 0 Å². The van der Waals surface area contributed by atoms with Gasteiger partial charge in [0.1, 0.15) is 0 Å². The molecule has 3 aromatic rings. The summed E-state index contributed by atoms with van der Waals surface area (Å²) in [7, 11) is 0. The van der Waals surface area contributed by atoms with E-state index in [9.17, 15) is 14.9 Å². The number of morpholine rings is 2. The van der Waals surface area contributed by atoms with Crippen LogP contribution in [-0.2, 0) is 9.47 Å². The molecule has 2 aliphatic heterocycles.